The Bertz CT molecular complexity index is 1100. The molecule has 0 aliphatic carbocycles. The van der Waals surface area contributed by atoms with Crippen LogP contribution >= 0.6 is 0 Å². The molecule has 28 heavy (non-hydrogen) atoms. The van der Waals surface area contributed by atoms with Crippen molar-refractivity contribution in [2.45, 2.75) is 27.2 Å². The average molecular weight is 375 g/mol. The zero-order valence-corrected chi connectivity index (χ0v) is 16.0. The predicted octanol–water partition coefficient (Wildman–Crippen LogP) is 3.76. The SMILES string of the molecule is CCc1cc(-c2cncc(C(=O)Nc3ccc(C(C)=O)cc3)c2)c(C)[nH]c1=O. The van der Waals surface area contributed by atoms with Gasteiger partial charge in [0.15, 0.2) is 5.78 Å². The van der Waals surface area contributed by atoms with Crippen LogP contribution in [0.4, 0.5) is 5.69 Å². The van der Waals surface area contributed by atoms with Crippen LogP contribution in [0.25, 0.3) is 11.1 Å². The Balaban J connectivity index is 1.88. The smallest absolute Gasteiger partial charge is 0.257 e. The molecule has 2 aromatic heterocycles. The number of Topliss-reactive ketones (excluding diaryl/α,β-unsaturated/α-hetero) is 1. The van der Waals surface area contributed by atoms with Gasteiger partial charge >= 0.3 is 0 Å². The number of carbonyl (C=O) groups is 2. The van der Waals surface area contributed by atoms with E-state index in [-0.39, 0.29) is 17.2 Å². The first-order valence-corrected chi connectivity index (χ1v) is 8.99. The third-order valence-corrected chi connectivity index (χ3v) is 4.56. The first-order valence-electron chi connectivity index (χ1n) is 8.99. The number of rotatable bonds is 5. The number of benzene rings is 1. The molecule has 0 radical (unpaired) electrons. The summed E-state index contributed by atoms with van der Waals surface area (Å²) in [6.07, 6.45) is 3.77. The summed E-state index contributed by atoms with van der Waals surface area (Å²) in [5, 5.41) is 2.80. The van der Waals surface area contributed by atoms with E-state index in [1.165, 1.54) is 13.1 Å². The molecule has 2 heterocycles. The van der Waals surface area contributed by atoms with Gasteiger partial charge in [0.05, 0.1) is 5.56 Å². The molecule has 0 unspecified atom stereocenters. The number of hydrogen-bond acceptors (Lipinski definition) is 4. The first-order chi connectivity index (χ1) is 13.4. The van der Waals surface area contributed by atoms with Crippen molar-refractivity contribution in [3.63, 3.8) is 0 Å². The average Bonchev–Trinajstić information content (AvgIpc) is 2.68. The monoisotopic (exact) mass is 375 g/mol. The fourth-order valence-corrected chi connectivity index (χ4v) is 2.93. The Hall–Kier alpha value is -3.54. The molecule has 0 saturated carbocycles. The van der Waals surface area contributed by atoms with Crippen molar-refractivity contribution >= 4 is 17.4 Å². The molecule has 0 aliphatic heterocycles. The molecule has 0 spiro atoms. The van der Waals surface area contributed by atoms with Crippen LogP contribution in [0.2, 0.25) is 0 Å². The van der Waals surface area contributed by atoms with Crippen LogP contribution in [0.15, 0.2) is 53.6 Å². The van der Waals surface area contributed by atoms with Crippen molar-refractivity contribution in [3.05, 3.63) is 81.5 Å². The lowest BCUT2D eigenvalue weighted by atomic mass is 10.0. The zero-order valence-electron chi connectivity index (χ0n) is 16.0. The normalized spacial score (nSPS) is 10.5. The highest BCUT2D eigenvalue weighted by atomic mass is 16.1. The maximum atomic E-state index is 12.6. The van der Waals surface area contributed by atoms with Crippen LogP contribution in [0.1, 0.15) is 45.8 Å². The Labute approximate surface area is 162 Å². The Morgan fingerprint density at radius 1 is 1.07 bits per heavy atom. The number of amides is 1. The van der Waals surface area contributed by atoms with Crippen molar-refractivity contribution in [3.8, 4) is 11.1 Å². The molecule has 0 saturated heterocycles. The molecule has 0 bridgehead atoms. The highest BCUT2D eigenvalue weighted by Gasteiger charge is 2.12. The van der Waals surface area contributed by atoms with Gasteiger partial charge in [-0.15, -0.1) is 0 Å². The lowest BCUT2D eigenvalue weighted by Crippen LogP contribution is -2.14. The van der Waals surface area contributed by atoms with Gasteiger partial charge < -0.3 is 10.3 Å². The number of carbonyl (C=O) groups excluding carboxylic acids is 2. The van der Waals surface area contributed by atoms with Crippen LogP contribution in [0, 0.1) is 6.92 Å². The van der Waals surface area contributed by atoms with Crippen LogP contribution < -0.4 is 10.9 Å². The summed E-state index contributed by atoms with van der Waals surface area (Å²) >= 11 is 0. The van der Waals surface area contributed by atoms with Crippen molar-refractivity contribution in [1.29, 1.82) is 0 Å². The maximum Gasteiger partial charge on any atom is 0.257 e. The van der Waals surface area contributed by atoms with E-state index in [9.17, 15) is 14.4 Å². The second-order valence-electron chi connectivity index (χ2n) is 6.57. The molecular formula is C22H21N3O3. The number of aromatic amines is 1. The minimum atomic E-state index is -0.303. The highest BCUT2D eigenvalue weighted by Crippen LogP contribution is 2.23. The highest BCUT2D eigenvalue weighted by molar-refractivity contribution is 6.05. The summed E-state index contributed by atoms with van der Waals surface area (Å²) in [7, 11) is 0. The van der Waals surface area contributed by atoms with Crippen molar-refractivity contribution in [1.82, 2.24) is 9.97 Å². The van der Waals surface area contributed by atoms with E-state index in [2.05, 4.69) is 15.3 Å². The predicted molar refractivity (Wildman–Crippen MR) is 109 cm³/mol. The van der Waals surface area contributed by atoms with Gasteiger partial charge in [-0.1, -0.05) is 6.92 Å². The molecule has 2 N–H and O–H groups in total. The Morgan fingerprint density at radius 3 is 2.43 bits per heavy atom. The van der Waals surface area contributed by atoms with Gasteiger partial charge in [0.2, 0.25) is 0 Å². The minimum absolute atomic E-state index is 0.0301. The minimum Gasteiger partial charge on any atom is -0.326 e. The molecule has 0 fully saturated rings. The van der Waals surface area contributed by atoms with E-state index >= 15 is 0 Å². The van der Waals surface area contributed by atoms with E-state index in [0.29, 0.717) is 28.8 Å². The lowest BCUT2D eigenvalue weighted by molar-refractivity contribution is 0.101. The van der Waals surface area contributed by atoms with Crippen LogP contribution in [0.3, 0.4) is 0 Å². The van der Waals surface area contributed by atoms with Crippen molar-refractivity contribution in [2.75, 3.05) is 5.32 Å². The number of nitrogens with one attached hydrogen (secondary N) is 2. The number of aryl methyl sites for hydroxylation is 2. The number of anilines is 1. The lowest BCUT2D eigenvalue weighted by Gasteiger charge is -2.10. The Morgan fingerprint density at radius 2 is 1.79 bits per heavy atom. The summed E-state index contributed by atoms with van der Waals surface area (Å²) in [5.41, 5.74) is 4.47. The zero-order chi connectivity index (χ0) is 20.3. The molecule has 0 atom stereocenters. The number of pyridine rings is 2. The third-order valence-electron chi connectivity index (χ3n) is 4.56. The molecule has 1 amide bonds. The van der Waals surface area contributed by atoms with Gasteiger partial charge in [0, 0.05) is 46.0 Å². The molecular weight excluding hydrogens is 354 g/mol. The molecule has 1 aromatic carbocycles. The third kappa shape index (κ3) is 4.06. The molecule has 142 valence electrons. The largest absolute Gasteiger partial charge is 0.326 e. The number of hydrogen-bond donors (Lipinski definition) is 2. The Kier molecular flexibility index (Phi) is 5.49. The standard InChI is InChI=1S/C22H21N3O3/c1-4-15-10-20(13(2)24-21(15)27)17-9-18(12-23-11-17)22(28)25-19-7-5-16(6-8-19)14(3)26/h5-12H,4H2,1-3H3,(H,24,27)(H,25,28). The second kappa shape index (κ2) is 8.00. The van der Waals surface area contributed by atoms with Gasteiger partial charge in [-0.05, 0) is 56.7 Å². The van der Waals surface area contributed by atoms with E-state index in [4.69, 9.17) is 0 Å². The van der Waals surface area contributed by atoms with Crippen LogP contribution in [-0.4, -0.2) is 21.7 Å². The summed E-state index contributed by atoms with van der Waals surface area (Å²) in [6.45, 7) is 5.23. The molecule has 6 heteroatoms. The number of nitrogens with zero attached hydrogens (tertiary/aromatic N) is 1. The van der Waals surface area contributed by atoms with E-state index in [1.54, 1.807) is 36.5 Å². The summed E-state index contributed by atoms with van der Waals surface area (Å²) in [4.78, 5) is 42.9. The topological polar surface area (TPSA) is 91.9 Å². The molecule has 3 aromatic rings. The first kappa shape index (κ1) is 19.2. The molecule has 3 rings (SSSR count). The quantitative estimate of drug-likeness (QED) is 0.664. The number of H-pyrrole nitrogens is 1. The second-order valence-corrected chi connectivity index (χ2v) is 6.57. The van der Waals surface area contributed by atoms with Crippen LogP contribution in [0.5, 0.6) is 0 Å². The summed E-state index contributed by atoms with van der Waals surface area (Å²) < 4.78 is 0. The molecule has 0 aliphatic rings. The fraction of sp³-hybridized carbons (Fsp3) is 0.182. The van der Waals surface area contributed by atoms with Gasteiger partial charge in [-0.25, -0.2) is 0 Å². The van der Waals surface area contributed by atoms with Crippen molar-refractivity contribution in [2.24, 2.45) is 0 Å². The number of aromatic nitrogens is 2. The van der Waals surface area contributed by atoms with Gasteiger partial charge in [-0.2, -0.15) is 0 Å². The van der Waals surface area contributed by atoms with Gasteiger partial charge in [0.1, 0.15) is 0 Å². The van der Waals surface area contributed by atoms with Crippen molar-refractivity contribution < 1.29 is 9.59 Å². The number of ketones is 1. The van der Waals surface area contributed by atoms with Gasteiger partial charge in [-0.3, -0.25) is 19.4 Å². The van der Waals surface area contributed by atoms with Crippen LogP contribution in [-0.2, 0) is 6.42 Å². The van der Waals surface area contributed by atoms with E-state index < -0.39 is 0 Å². The maximum absolute atomic E-state index is 12.6. The summed E-state index contributed by atoms with van der Waals surface area (Å²) in [6, 6.07) is 10.3. The summed E-state index contributed by atoms with van der Waals surface area (Å²) in [5.74, 6) is -0.333. The van der Waals surface area contributed by atoms with Gasteiger partial charge in [0.25, 0.3) is 11.5 Å². The van der Waals surface area contributed by atoms with E-state index in [1.807, 2.05) is 19.9 Å². The van der Waals surface area contributed by atoms with E-state index in [0.717, 1.165) is 16.8 Å². The molecule has 6 nitrogen and oxygen atoms in total. The fourth-order valence-electron chi connectivity index (χ4n) is 2.93.